The van der Waals surface area contributed by atoms with Crippen LogP contribution in [0.5, 0.6) is 0 Å². The van der Waals surface area contributed by atoms with E-state index in [1.807, 2.05) is 12.1 Å². The number of guanidine groups is 1. The average molecular weight is 484 g/mol. The van der Waals surface area contributed by atoms with Gasteiger partial charge in [-0.25, -0.2) is 0 Å². The number of rotatable bonds is 5. The van der Waals surface area contributed by atoms with Crippen molar-refractivity contribution in [2.75, 3.05) is 33.3 Å². The van der Waals surface area contributed by atoms with E-state index < -0.39 is 0 Å². The summed E-state index contributed by atoms with van der Waals surface area (Å²) in [6.45, 7) is 7.13. The second-order valence-corrected chi connectivity index (χ2v) is 6.88. The van der Waals surface area contributed by atoms with E-state index in [1.165, 1.54) is 18.2 Å². The van der Waals surface area contributed by atoms with Gasteiger partial charge < -0.3 is 19.9 Å². The van der Waals surface area contributed by atoms with Crippen molar-refractivity contribution in [3.8, 4) is 0 Å². The zero-order valence-corrected chi connectivity index (χ0v) is 18.5. The summed E-state index contributed by atoms with van der Waals surface area (Å²) < 4.78 is 4.93. The molecule has 1 fully saturated rings. The molecule has 0 saturated carbocycles. The highest BCUT2D eigenvalue weighted by Crippen LogP contribution is 2.24. The zero-order chi connectivity index (χ0) is 18.5. The van der Waals surface area contributed by atoms with Gasteiger partial charge in [-0.3, -0.25) is 9.79 Å². The van der Waals surface area contributed by atoms with Crippen LogP contribution in [0.15, 0.2) is 35.3 Å². The lowest BCUT2D eigenvalue weighted by molar-refractivity contribution is -0.145. The van der Waals surface area contributed by atoms with Gasteiger partial charge in [-0.2, -0.15) is 0 Å². The summed E-state index contributed by atoms with van der Waals surface area (Å²) in [5.74, 6) is 0.924. The third-order valence-corrected chi connectivity index (χ3v) is 4.98. The van der Waals surface area contributed by atoms with Gasteiger partial charge in [0.25, 0.3) is 0 Å². The highest BCUT2D eigenvalue weighted by Gasteiger charge is 2.36. The molecular formula is C20H29IN4O2. The van der Waals surface area contributed by atoms with Crippen LogP contribution in [0.2, 0.25) is 0 Å². The molecule has 2 unspecified atom stereocenters. The number of hydrogen-bond acceptors (Lipinski definition) is 3. The van der Waals surface area contributed by atoms with Crippen LogP contribution < -0.4 is 5.32 Å². The fraction of sp³-hybridized carbons (Fsp3) is 0.500. The monoisotopic (exact) mass is 484 g/mol. The Bertz CT molecular complexity index is 756. The van der Waals surface area contributed by atoms with E-state index in [-0.39, 0.29) is 41.8 Å². The third kappa shape index (κ3) is 5.15. The molecule has 1 aromatic carbocycles. The Labute approximate surface area is 177 Å². The number of ether oxygens (including phenoxy) is 1. The average Bonchev–Trinajstić information content (AvgIpc) is 3.23. The van der Waals surface area contributed by atoms with Crippen molar-refractivity contribution in [2.45, 2.75) is 20.3 Å². The van der Waals surface area contributed by atoms with Gasteiger partial charge >= 0.3 is 5.97 Å². The first kappa shape index (κ1) is 21.5. The van der Waals surface area contributed by atoms with Crippen LogP contribution in [0, 0.1) is 11.8 Å². The number of esters is 1. The minimum atomic E-state index is -0.131. The van der Waals surface area contributed by atoms with Crippen LogP contribution in [0.25, 0.3) is 10.9 Å². The van der Waals surface area contributed by atoms with Gasteiger partial charge in [-0.05, 0) is 30.4 Å². The summed E-state index contributed by atoms with van der Waals surface area (Å²) in [7, 11) is 1.46. The van der Waals surface area contributed by atoms with Crippen molar-refractivity contribution in [1.29, 1.82) is 0 Å². The number of nitrogens with one attached hydrogen (secondary N) is 2. The molecule has 0 spiro atoms. The topological polar surface area (TPSA) is 69.7 Å². The second kappa shape index (κ2) is 9.96. The fourth-order valence-corrected chi connectivity index (χ4v) is 3.57. The fourth-order valence-electron chi connectivity index (χ4n) is 3.57. The number of aromatic amines is 1. The maximum absolute atomic E-state index is 11.9. The molecular weight excluding hydrogens is 455 g/mol. The Morgan fingerprint density at radius 1 is 1.37 bits per heavy atom. The lowest BCUT2D eigenvalue weighted by Crippen LogP contribution is -2.40. The first-order chi connectivity index (χ1) is 12.6. The molecule has 2 heterocycles. The molecule has 1 aliphatic heterocycles. The number of benzene rings is 1. The van der Waals surface area contributed by atoms with Crippen LogP contribution >= 0.6 is 24.0 Å². The summed E-state index contributed by atoms with van der Waals surface area (Å²) in [6, 6.07) is 10.5. The lowest BCUT2D eigenvalue weighted by Gasteiger charge is -2.21. The highest BCUT2D eigenvalue weighted by molar-refractivity contribution is 14.0. The lowest BCUT2D eigenvalue weighted by atomic mass is 9.99. The minimum absolute atomic E-state index is 0. The summed E-state index contributed by atoms with van der Waals surface area (Å²) in [4.78, 5) is 22.3. The van der Waals surface area contributed by atoms with Crippen molar-refractivity contribution >= 4 is 46.8 Å². The van der Waals surface area contributed by atoms with Gasteiger partial charge in [0.2, 0.25) is 0 Å². The minimum Gasteiger partial charge on any atom is -0.469 e. The number of aliphatic imine (C=N–C) groups is 1. The number of nitrogens with zero attached hydrogens (tertiary/aromatic N) is 2. The number of hydrogen-bond donors (Lipinski definition) is 2. The van der Waals surface area contributed by atoms with Crippen LogP contribution in [0.3, 0.4) is 0 Å². The molecule has 0 aliphatic carbocycles. The smallest absolute Gasteiger partial charge is 0.310 e. The van der Waals surface area contributed by atoms with E-state index in [0.717, 1.165) is 31.0 Å². The SMILES string of the molecule is CCNC(=NCCc1cc2ccccc2[nH]1)N1CC(C)C(C(=O)OC)C1.I. The molecule has 3 rings (SSSR count). The first-order valence-corrected chi connectivity index (χ1v) is 9.30. The number of H-pyrrole nitrogens is 1. The normalized spacial score (nSPS) is 19.8. The van der Waals surface area contributed by atoms with E-state index in [2.05, 4.69) is 47.2 Å². The number of para-hydroxylation sites is 1. The van der Waals surface area contributed by atoms with E-state index in [1.54, 1.807) is 0 Å². The summed E-state index contributed by atoms with van der Waals surface area (Å²) in [5, 5.41) is 4.58. The van der Waals surface area contributed by atoms with E-state index in [0.29, 0.717) is 13.1 Å². The van der Waals surface area contributed by atoms with Gasteiger partial charge in [0, 0.05) is 43.8 Å². The quantitative estimate of drug-likeness (QED) is 0.296. The highest BCUT2D eigenvalue weighted by atomic mass is 127. The van der Waals surface area contributed by atoms with Crippen molar-refractivity contribution in [2.24, 2.45) is 16.8 Å². The van der Waals surface area contributed by atoms with Crippen LogP contribution in [0.4, 0.5) is 0 Å². The van der Waals surface area contributed by atoms with Gasteiger partial charge in [0.1, 0.15) is 0 Å². The zero-order valence-electron chi connectivity index (χ0n) is 16.2. The van der Waals surface area contributed by atoms with E-state index in [4.69, 9.17) is 9.73 Å². The Kier molecular flexibility index (Phi) is 7.94. The molecule has 6 nitrogen and oxygen atoms in total. The molecule has 1 aromatic heterocycles. The molecule has 0 bridgehead atoms. The van der Waals surface area contributed by atoms with Crippen LogP contribution in [-0.2, 0) is 16.0 Å². The number of carbonyl (C=O) groups excluding carboxylic acids is 1. The second-order valence-electron chi connectivity index (χ2n) is 6.88. The Morgan fingerprint density at radius 2 is 2.15 bits per heavy atom. The molecule has 0 amide bonds. The number of fused-ring (bicyclic) bond motifs is 1. The first-order valence-electron chi connectivity index (χ1n) is 9.30. The Hall–Kier alpha value is -1.77. The standard InChI is InChI=1S/C20H28N4O2.HI/c1-4-21-20(24-12-14(2)17(13-24)19(25)26-3)22-10-9-16-11-15-7-5-6-8-18(15)23-16;/h5-8,11,14,17,23H,4,9-10,12-13H2,1-3H3,(H,21,22);1H. The molecule has 1 aliphatic rings. The third-order valence-electron chi connectivity index (χ3n) is 4.98. The molecule has 148 valence electrons. The van der Waals surface area contributed by atoms with Gasteiger partial charge in [0.05, 0.1) is 13.0 Å². The van der Waals surface area contributed by atoms with Crippen molar-refractivity contribution in [3.63, 3.8) is 0 Å². The number of carbonyl (C=O) groups is 1. The Balaban J connectivity index is 0.00000261. The predicted octanol–water partition coefficient (Wildman–Crippen LogP) is 3.03. The predicted molar refractivity (Wildman–Crippen MR) is 120 cm³/mol. The molecule has 2 N–H and O–H groups in total. The van der Waals surface area contributed by atoms with Crippen LogP contribution in [0.1, 0.15) is 19.5 Å². The molecule has 7 heteroatoms. The number of halogens is 1. The molecule has 27 heavy (non-hydrogen) atoms. The van der Waals surface area contributed by atoms with Crippen molar-refractivity contribution < 1.29 is 9.53 Å². The molecule has 0 radical (unpaired) electrons. The number of likely N-dealkylation sites (tertiary alicyclic amines) is 1. The Morgan fingerprint density at radius 3 is 2.85 bits per heavy atom. The summed E-state index contributed by atoms with van der Waals surface area (Å²) in [5.41, 5.74) is 2.35. The number of methoxy groups -OCH3 is 1. The maximum Gasteiger partial charge on any atom is 0.310 e. The van der Waals surface area contributed by atoms with Crippen LogP contribution in [-0.4, -0.2) is 55.1 Å². The summed E-state index contributed by atoms with van der Waals surface area (Å²) in [6.07, 6.45) is 0.855. The largest absolute Gasteiger partial charge is 0.469 e. The molecule has 2 aromatic rings. The molecule has 2 atom stereocenters. The maximum atomic E-state index is 11.9. The van der Waals surface area contributed by atoms with Gasteiger partial charge in [-0.15, -0.1) is 24.0 Å². The van der Waals surface area contributed by atoms with E-state index >= 15 is 0 Å². The van der Waals surface area contributed by atoms with Gasteiger partial charge in [0.15, 0.2) is 5.96 Å². The molecule has 1 saturated heterocycles. The van der Waals surface area contributed by atoms with Gasteiger partial charge in [-0.1, -0.05) is 25.1 Å². The van der Waals surface area contributed by atoms with E-state index in [9.17, 15) is 4.79 Å². The van der Waals surface area contributed by atoms with Crippen molar-refractivity contribution in [3.05, 3.63) is 36.0 Å². The summed E-state index contributed by atoms with van der Waals surface area (Å²) >= 11 is 0. The number of aromatic nitrogens is 1. The van der Waals surface area contributed by atoms with Crippen molar-refractivity contribution in [1.82, 2.24) is 15.2 Å².